The topological polar surface area (TPSA) is 96.0 Å². The van der Waals surface area contributed by atoms with Gasteiger partial charge >= 0.3 is 12.0 Å². The molecule has 1 saturated heterocycles. The molecule has 1 aliphatic rings. The van der Waals surface area contributed by atoms with E-state index in [4.69, 9.17) is 4.74 Å². The van der Waals surface area contributed by atoms with Crippen LogP contribution in [0, 0.1) is 0 Å². The number of carbonyl (C=O) groups excluding carboxylic acids is 4. The Labute approximate surface area is 200 Å². The lowest BCUT2D eigenvalue weighted by Crippen LogP contribution is -2.37. The highest BCUT2D eigenvalue weighted by Crippen LogP contribution is 2.29. The highest BCUT2D eigenvalue weighted by Gasteiger charge is 2.46. The zero-order valence-corrected chi connectivity index (χ0v) is 19.3. The third-order valence-electron chi connectivity index (χ3n) is 5.28. The van der Waals surface area contributed by atoms with Gasteiger partial charge in [0, 0.05) is 10.6 Å². The third kappa shape index (κ3) is 4.99. The molecule has 2 heterocycles. The number of anilines is 2. The zero-order chi connectivity index (χ0) is 24.1. The number of nitrogens with one attached hydrogen (secondary N) is 1. The minimum atomic E-state index is -0.956. The standard InChI is InChI=1S/C25H23N3O5S/c1-2-33-24(31)17-8-6-9-18(14-17)26-22(29)15-21-23(30)28(19-10-4-3-5-11-19)25(32)27(21)16-20-12-7-13-34-20/h3-14,21H,2,15-16H2,1H3,(H,26,29)/t21-/m0/s1. The normalized spacial score (nSPS) is 15.5. The second kappa shape index (κ2) is 10.3. The summed E-state index contributed by atoms with van der Waals surface area (Å²) in [4.78, 5) is 54.8. The minimum absolute atomic E-state index is 0.219. The lowest BCUT2D eigenvalue weighted by molar-refractivity contribution is -0.124. The van der Waals surface area contributed by atoms with Gasteiger partial charge in [0.05, 0.1) is 30.8 Å². The van der Waals surface area contributed by atoms with Crippen LogP contribution in [0.25, 0.3) is 0 Å². The molecule has 4 rings (SSSR count). The Balaban J connectivity index is 1.54. The summed E-state index contributed by atoms with van der Waals surface area (Å²) in [6, 6.07) is 17.4. The first-order valence-electron chi connectivity index (χ1n) is 10.8. The summed E-state index contributed by atoms with van der Waals surface area (Å²) < 4.78 is 4.99. The zero-order valence-electron chi connectivity index (χ0n) is 18.5. The molecule has 9 heteroatoms. The number of carbonyl (C=O) groups is 4. The van der Waals surface area contributed by atoms with E-state index in [-0.39, 0.29) is 19.6 Å². The molecule has 1 atom stereocenters. The minimum Gasteiger partial charge on any atom is -0.462 e. The van der Waals surface area contributed by atoms with Crippen LogP contribution in [0.5, 0.6) is 0 Å². The molecule has 1 aromatic heterocycles. The van der Waals surface area contributed by atoms with Crippen LogP contribution in [0.3, 0.4) is 0 Å². The number of amides is 4. The summed E-state index contributed by atoms with van der Waals surface area (Å²) in [6.45, 7) is 2.18. The Morgan fingerprint density at radius 2 is 1.82 bits per heavy atom. The monoisotopic (exact) mass is 477 g/mol. The fraction of sp³-hybridized carbons (Fsp3) is 0.200. The molecular formula is C25H23N3O5S. The summed E-state index contributed by atoms with van der Waals surface area (Å²) in [7, 11) is 0. The Bertz CT molecular complexity index is 1200. The number of hydrogen-bond acceptors (Lipinski definition) is 6. The molecule has 2 aromatic carbocycles. The third-order valence-corrected chi connectivity index (χ3v) is 6.14. The van der Waals surface area contributed by atoms with Crippen LogP contribution in [-0.2, 0) is 20.9 Å². The molecule has 0 saturated carbocycles. The van der Waals surface area contributed by atoms with Crippen molar-refractivity contribution in [2.24, 2.45) is 0 Å². The van der Waals surface area contributed by atoms with Gasteiger partial charge in [0.15, 0.2) is 0 Å². The van der Waals surface area contributed by atoms with E-state index in [0.717, 1.165) is 9.78 Å². The maximum Gasteiger partial charge on any atom is 0.338 e. The maximum atomic E-state index is 13.3. The molecule has 174 valence electrons. The van der Waals surface area contributed by atoms with Crippen LogP contribution in [0.1, 0.15) is 28.6 Å². The first-order chi connectivity index (χ1) is 16.5. The molecule has 0 spiro atoms. The van der Waals surface area contributed by atoms with Gasteiger partial charge in [0.1, 0.15) is 6.04 Å². The maximum absolute atomic E-state index is 13.3. The Morgan fingerprint density at radius 1 is 1.03 bits per heavy atom. The molecule has 8 nitrogen and oxygen atoms in total. The number of benzene rings is 2. The van der Waals surface area contributed by atoms with E-state index in [9.17, 15) is 19.2 Å². The van der Waals surface area contributed by atoms with Gasteiger partial charge in [0.2, 0.25) is 5.91 Å². The van der Waals surface area contributed by atoms with Gasteiger partial charge in [-0.25, -0.2) is 14.5 Å². The quantitative estimate of drug-likeness (QED) is 0.386. The van der Waals surface area contributed by atoms with Crippen molar-refractivity contribution in [1.29, 1.82) is 0 Å². The number of para-hydroxylation sites is 1. The number of esters is 1. The summed E-state index contributed by atoms with van der Waals surface area (Å²) in [5.74, 6) is -1.39. The second-order valence-corrected chi connectivity index (χ2v) is 8.60. The average molecular weight is 478 g/mol. The molecule has 0 unspecified atom stereocenters. The van der Waals surface area contributed by atoms with Crippen molar-refractivity contribution < 1.29 is 23.9 Å². The van der Waals surface area contributed by atoms with E-state index in [1.54, 1.807) is 55.5 Å². The van der Waals surface area contributed by atoms with Crippen LogP contribution in [-0.4, -0.2) is 41.4 Å². The van der Waals surface area contributed by atoms with Gasteiger partial charge in [-0.1, -0.05) is 30.3 Å². The van der Waals surface area contributed by atoms with Crippen LogP contribution >= 0.6 is 11.3 Å². The molecule has 4 amide bonds. The van der Waals surface area contributed by atoms with E-state index >= 15 is 0 Å². The van der Waals surface area contributed by atoms with Crippen LogP contribution in [0.4, 0.5) is 16.2 Å². The largest absolute Gasteiger partial charge is 0.462 e. The number of urea groups is 1. The van der Waals surface area contributed by atoms with Crippen molar-refractivity contribution in [3.8, 4) is 0 Å². The van der Waals surface area contributed by atoms with Crippen molar-refractivity contribution in [1.82, 2.24) is 4.90 Å². The van der Waals surface area contributed by atoms with Crippen molar-refractivity contribution in [3.05, 3.63) is 82.6 Å². The van der Waals surface area contributed by atoms with E-state index in [0.29, 0.717) is 16.9 Å². The van der Waals surface area contributed by atoms with E-state index in [1.807, 2.05) is 17.5 Å². The van der Waals surface area contributed by atoms with Crippen LogP contribution in [0.15, 0.2) is 72.1 Å². The van der Waals surface area contributed by atoms with Gasteiger partial charge in [-0.3, -0.25) is 9.59 Å². The van der Waals surface area contributed by atoms with Crippen molar-refractivity contribution >= 4 is 46.5 Å². The number of nitrogens with zero attached hydrogens (tertiary/aromatic N) is 2. The smallest absolute Gasteiger partial charge is 0.338 e. The molecule has 1 N–H and O–H groups in total. The van der Waals surface area contributed by atoms with E-state index in [1.165, 1.54) is 22.3 Å². The summed E-state index contributed by atoms with van der Waals surface area (Å²) >= 11 is 1.47. The van der Waals surface area contributed by atoms with E-state index in [2.05, 4.69) is 5.32 Å². The number of rotatable bonds is 8. The van der Waals surface area contributed by atoms with Crippen molar-refractivity contribution in [2.45, 2.75) is 25.9 Å². The molecule has 3 aromatic rings. The highest BCUT2D eigenvalue weighted by atomic mass is 32.1. The van der Waals surface area contributed by atoms with Gasteiger partial charge in [0.25, 0.3) is 5.91 Å². The molecule has 1 aliphatic heterocycles. The second-order valence-electron chi connectivity index (χ2n) is 7.57. The Kier molecular flexibility index (Phi) is 7.03. The molecule has 0 bridgehead atoms. The number of imide groups is 1. The lowest BCUT2D eigenvalue weighted by atomic mass is 10.1. The number of ether oxygens (including phenoxy) is 1. The summed E-state index contributed by atoms with van der Waals surface area (Å²) in [5.41, 5.74) is 1.16. The number of hydrogen-bond donors (Lipinski definition) is 1. The fourth-order valence-corrected chi connectivity index (χ4v) is 4.43. The Hall–Kier alpha value is -3.98. The fourth-order valence-electron chi connectivity index (χ4n) is 3.72. The Morgan fingerprint density at radius 3 is 2.53 bits per heavy atom. The molecule has 0 radical (unpaired) electrons. The predicted molar refractivity (Wildman–Crippen MR) is 129 cm³/mol. The number of thiophene rings is 1. The molecule has 0 aliphatic carbocycles. The average Bonchev–Trinajstić information content (AvgIpc) is 3.42. The first-order valence-corrected chi connectivity index (χ1v) is 11.6. The van der Waals surface area contributed by atoms with Gasteiger partial charge in [-0.05, 0) is 48.7 Å². The van der Waals surface area contributed by atoms with Crippen LogP contribution < -0.4 is 10.2 Å². The van der Waals surface area contributed by atoms with Crippen LogP contribution in [0.2, 0.25) is 0 Å². The molecule has 34 heavy (non-hydrogen) atoms. The van der Waals surface area contributed by atoms with Crippen molar-refractivity contribution in [2.75, 3.05) is 16.8 Å². The first kappa shape index (κ1) is 23.2. The van der Waals surface area contributed by atoms with Gasteiger partial charge < -0.3 is 15.0 Å². The van der Waals surface area contributed by atoms with Gasteiger partial charge in [-0.15, -0.1) is 11.3 Å². The summed E-state index contributed by atoms with van der Waals surface area (Å²) in [6.07, 6.45) is -0.219. The van der Waals surface area contributed by atoms with E-state index < -0.39 is 29.9 Å². The molecular weight excluding hydrogens is 454 g/mol. The highest BCUT2D eigenvalue weighted by molar-refractivity contribution is 7.09. The van der Waals surface area contributed by atoms with Crippen molar-refractivity contribution in [3.63, 3.8) is 0 Å². The molecule has 1 fully saturated rings. The predicted octanol–water partition coefficient (Wildman–Crippen LogP) is 4.29. The van der Waals surface area contributed by atoms with Gasteiger partial charge in [-0.2, -0.15) is 0 Å². The lowest BCUT2D eigenvalue weighted by Gasteiger charge is -2.21. The summed E-state index contributed by atoms with van der Waals surface area (Å²) in [5, 5.41) is 4.62. The SMILES string of the molecule is CCOC(=O)c1cccc(NC(=O)C[C@H]2C(=O)N(c3ccccc3)C(=O)N2Cc2cccs2)c1.